The molecule has 4 aliphatic rings. The fourth-order valence-electron chi connectivity index (χ4n) is 7.52. The Labute approximate surface area is 196 Å². The van der Waals surface area contributed by atoms with Crippen molar-refractivity contribution < 1.29 is 13.2 Å². The van der Waals surface area contributed by atoms with E-state index in [-0.39, 0.29) is 15.8 Å². The molecule has 0 heterocycles. The molecular formula is C26H42F3I. The lowest BCUT2D eigenvalue weighted by atomic mass is 9.67. The van der Waals surface area contributed by atoms with E-state index < -0.39 is 18.5 Å². The minimum atomic E-state index is -1.23. The molecule has 0 aromatic heterocycles. The first-order chi connectivity index (χ1) is 14.5. The molecule has 0 aromatic carbocycles. The van der Waals surface area contributed by atoms with Gasteiger partial charge in [-0.05, 0) is 86.9 Å². The summed E-state index contributed by atoms with van der Waals surface area (Å²) in [6.07, 6.45) is 14.6. The van der Waals surface area contributed by atoms with Crippen molar-refractivity contribution in [2.75, 3.05) is 0 Å². The zero-order valence-electron chi connectivity index (χ0n) is 18.6. The molecular weight excluding hydrogens is 496 g/mol. The Balaban J connectivity index is 1.18. The second-order valence-corrected chi connectivity index (χ2v) is 12.9. The molecule has 0 nitrogen and oxygen atoms in total. The van der Waals surface area contributed by atoms with E-state index in [1.807, 2.05) is 0 Å². The maximum Gasteiger partial charge on any atom is 0.134 e. The van der Waals surface area contributed by atoms with E-state index in [0.717, 1.165) is 51.4 Å². The van der Waals surface area contributed by atoms with Gasteiger partial charge >= 0.3 is 0 Å². The Kier molecular flexibility index (Phi) is 8.75. The van der Waals surface area contributed by atoms with Gasteiger partial charge in [-0.3, -0.25) is 0 Å². The number of hydrogen-bond donors (Lipinski definition) is 0. The summed E-state index contributed by atoms with van der Waals surface area (Å²) < 4.78 is 44.3. The largest absolute Gasteiger partial charge is 0.246 e. The van der Waals surface area contributed by atoms with Crippen LogP contribution >= 0.6 is 22.6 Å². The van der Waals surface area contributed by atoms with Crippen LogP contribution in [-0.2, 0) is 0 Å². The molecule has 4 heteroatoms. The van der Waals surface area contributed by atoms with Crippen molar-refractivity contribution in [1.29, 1.82) is 0 Å². The van der Waals surface area contributed by atoms with E-state index in [4.69, 9.17) is 0 Å². The Morgan fingerprint density at radius 2 is 1.30 bits per heavy atom. The van der Waals surface area contributed by atoms with Crippen molar-refractivity contribution in [3.8, 4) is 0 Å². The summed E-state index contributed by atoms with van der Waals surface area (Å²) in [7, 11) is 0. The van der Waals surface area contributed by atoms with E-state index in [9.17, 15) is 13.2 Å². The van der Waals surface area contributed by atoms with Crippen molar-refractivity contribution in [2.45, 2.75) is 125 Å². The summed E-state index contributed by atoms with van der Waals surface area (Å²) in [5.41, 5.74) is 0. The average molecular weight is 539 g/mol. The van der Waals surface area contributed by atoms with E-state index in [1.165, 1.54) is 51.4 Å². The highest BCUT2D eigenvalue weighted by Crippen LogP contribution is 2.46. The van der Waals surface area contributed by atoms with E-state index in [2.05, 4.69) is 22.6 Å². The third-order valence-corrected chi connectivity index (χ3v) is 10.9. The molecule has 0 radical (unpaired) electrons. The molecule has 30 heavy (non-hydrogen) atoms. The predicted molar refractivity (Wildman–Crippen MR) is 127 cm³/mol. The summed E-state index contributed by atoms with van der Waals surface area (Å²) in [6, 6.07) is 0. The van der Waals surface area contributed by atoms with Crippen LogP contribution in [0.4, 0.5) is 13.2 Å². The first kappa shape index (κ1) is 23.7. The maximum absolute atomic E-state index is 15.0. The SMILES string of the molecule is FC1CC(C2CCC(CCC3CCC(C4CCCCC4)C(F)C3F)CC2)CCC1I. The van der Waals surface area contributed by atoms with E-state index >= 15 is 0 Å². The Hall–Kier alpha value is 0.520. The fourth-order valence-corrected chi connectivity index (χ4v) is 8.17. The zero-order valence-corrected chi connectivity index (χ0v) is 20.8. The average Bonchev–Trinajstić information content (AvgIpc) is 2.78. The first-order valence-corrected chi connectivity index (χ1v) is 14.3. The van der Waals surface area contributed by atoms with Gasteiger partial charge in [-0.2, -0.15) is 0 Å². The van der Waals surface area contributed by atoms with Crippen LogP contribution in [0.25, 0.3) is 0 Å². The summed E-state index contributed by atoms with van der Waals surface area (Å²) in [5, 5.41) is 0. The van der Waals surface area contributed by atoms with Gasteiger partial charge in [0, 0.05) is 3.92 Å². The van der Waals surface area contributed by atoms with Gasteiger partial charge in [0.15, 0.2) is 0 Å². The van der Waals surface area contributed by atoms with Crippen molar-refractivity contribution in [2.24, 2.45) is 35.5 Å². The predicted octanol–water partition coefficient (Wildman–Crippen LogP) is 8.80. The molecule has 0 amide bonds. The third kappa shape index (κ3) is 5.71. The van der Waals surface area contributed by atoms with Gasteiger partial charge < -0.3 is 0 Å². The molecule has 4 fully saturated rings. The molecule has 0 N–H and O–H groups in total. The van der Waals surface area contributed by atoms with Crippen LogP contribution in [0.2, 0.25) is 0 Å². The summed E-state index contributed by atoms with van der Waals surface area (Å²) in [4.78, 5) is 0. The quantitative estimate of drug-likeness (QED) is 0.242. The van der Waals surface area contributed by atoms with E-state index in [1.54, 1.807) is 0 Å². The standard InChI is InChI=1S/C26H42F3I/c27-23-16-21(13-15-24(23)30)18-9-6-17(7-10-18)8-11-20-12-14-22(26(29)25(20)28)19-4-2-1-3-5-19/h17-26H,1-16H2. The molecule has 0 aromatic rings. The highest BCUT2D eigenvalue weighted by Gasteiger charge is 2.43. The van der Waals surface area contributed by atoms with Crippen molar-refractivity contribution >= 4 is 22.6 Å². The van der Waals surface area contributed by atoms with Gasteiger partial charge in [0.1, 0.15) is 18.5 Å². The van der Waals surface area contributed by atoms with Crippen LogP contribution in [0.1, 0.15) is 103 Å². The Morgan fingerprint density at radius 1 is 0.600 bits per heavy atom. The number of rotatable bonds is 5. The molecule has 0 saturated heterocycles. The highest BCUT2D eigenvalue weighted by atomic mass is 127. The second-order valence-electron chi connectivity index (χ2n) is 11.3. The molecule has 4 rings (SSSR count). The molecule has 174 valence electrons. The molecule has 0 bridgehead atoms. The van der Waals surface area contributed by atoms with Crippen molar-refractivity contribution in [3.63, 3.8) is 0 Å². The summed E-state index contributed by atoms with van der Waals surface area (Å²) in [6.45, 7) is 0. The smallest absolute Gasteiger partial charge is 0.134 e. The lowest BCUT2D eigenvalue weighted by Crippen LogP contribution is -2.42. The lowest BCUT2D eigenvalue weighted by molar-refractivity contribution is -0.0131. The number of alkyl halides is 4. The van der Waals surface area contributed by atoms with Crippen LogP contribution < -0.4 is 0 Å². The van der Waals surface area contributed by atoms with Gasteiger partial charge in [0.2, 0.25) is 0 Å². The number of halogens is 4. The number of hydrogen-bond acceptors (Lipinski definition) is 0. The topological polar surface area (TPSA) is 0 Å². The molecule has 4 aliphatic carbocycles. The molecule has 7 atom stereocenters. The lowest BCUT2D eigenvalue weighted by Gasteiger charge is -2.41. The zero-order chi connectivity index (χ0) is 21.1. The van der Waals surface area contributed by atoms with Gasteiger partial charge in [-0.25, -0.2) is 13.2 Å². The minimum Gasteiger partial charge on any atom is -0.246 e. The van der Waals surface area contributed by atoms with Crippen LogP contribution in [0, 0.1) is 35.5 Å². The van der Waals surface area contributed by atoms with Crippen molar-refractivity contribution in [1.82, 2.24) is 0 Å². The highest BCUT2D eigenvalue weighted by molar-refractivity contribution is 14.1. The van der Waals surface area contributed by atoms with Crippen LogP contribution in [0.15, 0.2) is 0 Å². The van der Waals surface area contributed by atoms with Crippen LogP contribution in [-0.4, -0.2) is 22.4 Å². The third-order valence-electron chi connectivity index (χ3n) is 9.53. The summed E-state index contributed by atoms with van der Waals surface area (Å²) >= 11 is 2.28. The van der Waals surface area contributed by atoms with Crippen molar-refractivity contribution in [3.05, 3.63) is 0 Å². The monoisotopic (exact) mass is 538 g/mol. The normalized spacial score (nSPS) is 46.6. The van der Waals surface area contributed by atoms with E-state index in [0.29, 0.717) is 23.7 Å². The summed E-state index contributed by atoms with van der Waals surface area (Å²) in [5.74, 6) is 2.36. The van der Waals surface area contributed by atoms with Gasteiger partial charge in [0.25, 0.3) is 0 Å². The minimum absolute atomic E-state index is 0.0102. The van der Waals surface area contributed by atoms with Crippen LogP contribution in [0.3, 0.4) is 0 Å². The molecule has 4 saturated carbocycles. The Morgan fingerprint density at radius 3 is 2.00 bits per heavy atom. The fraction of sp³-hybridized carbons (Fsp3) is 1.00. The first-order valence-electron chi connectivity index (χ1n) is 13.1. The van der Waals surface area contributed by atoms with Gasteiger partial charge in [-0.15, -0.1) is 0 Å². The molecule has 0 spiro atoms. The molecule has 0 aliphatic heterocycles. The van der Waals surface area contributed by atoms with Gasteiger partial charge in [0.05, 0.1) is 0 Å². The molecule has 7 unspecified atom stereocenters. The Bertz CT molecular complexity index is 514. The second kappa shape index (κ2) is 11.1. The maximum atomic E-state index is 15.0. The van der Waals surface area contributed by atoms with Gasteiger partial charge in [-0.1, -0.05) is 74.0 Å². The van der Waals surface area contributed by atoms with Crippen LogP contribution in [0.5, 0.6) is 0 Å².